The zero-order chi connectivity index (χ0) is 12.4. The van der Waals surface area contributed by atoms with Crippen molar-refractivity contribution < 1.29 is 0 Å². The van der Waals surface area contributed by atoms with Crippen LogP contribution in [0.3, 0.4) is 0 Å². The number of hydrogen-bond donors (Lipinski definition) is 1. The van der Waals surface area contributed by atoms with Crippen LogP contribution in [-0.4, -0.2) is 56.6 Å². The summed E-state index contributed by atoms with van der Waals surface area (Å²) in [4.78, 5) is 6.26. The second-order valence-corrected chi connectivity index (χ2v) is 6.15. The van der Waals surface area contributed by atoms with E-state index in [9.17, 15) is 0 Å². The molecule has 0 saturated carbocycles. The first-order valence-corrected chi connectivity index (χ1v) is 7.10. The van der Waals surface area contributed by atoms with Crippen LogP contribution in [0.2, 0.25) is 0 Å². The van der Waals surface area contributed by atoms with Crippen molar-refractivity contribution in [2.24, 2.45) is 0 Å². The molecule has 1 N–H and O–H groups in total. The van der Waals surface area contributed by atoms with Crippen LogP contribution in [0.5, 0.6) is 0 Å². The number of rotatable bonds is 3. The lowest BCUT2D eigenvalue weighted by Gasteiger charge is -2.39. The van der Waals surface area contributed by atoms with Gasteiger partial charge in [0.25, 0.3) is 0 Å². The molecule has 1 aromatic heterocycles. The van der Waals surface area contributed by atoms with Gasteiger partial charge in [-0.15, -0.1) is 11.3 Å². The van der Waals surface area contributed by atoms with Crippen LogP contribution in [0.4, 0.5) is 0 Å². The standard InChI is InChI=1S/C13H23N3S/c1-10-5-8-17-13(10)12(15(2)3)11-9-16(4)7-6-14-11/h5,8,11-12,14H,6-7,9H2,1-4H3. The molecule has 17 heavy (non-hydrogen) atoms. The third-order valence-electron chi connectivity index (χ3n) is 3.52. The van der Waals surface area contributed by atoms with E-state index in [0.29, 0.717) is 12.1 Å². The molecule has 0 aliphatic carbocycles. The molecular weight excluding hydrogens is 230 g/mol. The molecule has 96 valence electrons. The number of thiophene rings is 1. The first kappa shape index (κ1) is 13.0. The third-order valence-corrected chi connectivity index (χ3v) is 4.61. The van der Waals surface area contributed by atoms with E-state index in [1.807, 2.05) is 11.3 Å². The van der Waals surface area contributed by atoms with Crippen LogP contribution in [0, 0.1) is 6.92 Å². The molecule has 0 amide bonds. The monoisotopic (exact) mass is 253 g/mol. The summed E-state index contributed by atoms with van der Waals surface area (Å²) in [5.74, 6) is 0. The highest BCUT2D eigenvalue weighted by Gasteiger charge is 2.29. The van der Waals surface area contributed by atoms with Gasteiger partial charge in [0.1, 0.15) is 0 Å². The van der Waals surface area contributed by atoms with Gasteiger partial charge in [0, 0.05) is 30.6 Å². The first-order chi connectivity index (χ1) is 8.09. The Balaban J connectivity index is 2.20. The van der Waals surface area contributed by atoms with Crippen LogP contribution in [0.25, 0.3) is 0 Å². The van der Waals surface area contributed by atoms with Crippen LogP contribution < -0.4 is 5.32 Å². The van der Waals surface area contributed by atoms with Gasteiger partial charge < -0.3 is 15.1 Å². The number of nitrogens with zero attached hydrogens (tertiary/aromatic N) is 2. The molecule has 4 heteroatoms. The normalized spacial score (nSPS) is 24.2. The molecule has 0 radical (unpaired) electrons. The zero-order valence-corrected chi connectivity index (χ0v) is 12.0. The van der Waals surface area contributed by atoms with E-state index >= 15 is 0 Å². The number of hydrogen-bond acceptors (Lipinski definition) is 4. The van der Waals surface area contributed by atoms with Crippen molar-refractivity contribution in [2.75, 3.05) is 40.8 Å². The molecule has 2 unspecified atom stereocenters. The molecule has 3 nitrogen and oxygen atoms in total. The van der Waals surface area contributed by atoms with Gasteiger partial charge in [0.2, 0.25) is 0 Å². The van der Waals surface area contributed by atoms with Crippen molar-refractivity contribution in [1.82, 2.24) is 15.1 Å². The van der Waals surface area contributed by atoms with E-state index in [1.54, 1.807) is 0 Å². The molecule has 1 aromatic rings. The summed E-state index contributed by atoms with van der Waals surface area (Å²) in [6.45, 7) is 5.59. The maximum atomic E-state index is 3.67. The van der Waals surface area contributed by atoms with Crippen LogP contribution in [0.15, 0.2) is 11.4 Å². The van der Waals surface area contributed by atoms with Gasteiger partial charge in [-0.2, -0.15) is 0 Å². The van der Waals surface area contributed by atoms with Gasteiger partial charge in [0.15, 0.2) is 0 Å². The van der Waals surface area contributed by atoms with E-state index in [2.05, 4.69) is 54.6 Å². The molecule has 0 aromatic carbocycles. The molecule has 2 heterocycles. The summed E-state index contributed by atoms with van der Waals surface area (Å²) in [6, 6.07) is 3.24. The molecule has 2 rings (SSSR count). The highest BCUT2D eigenvalue weighted by Crippen LogP contribution is 2.30. The Morgan fingerprint density at radius 1 is 1.53 bits per heavy atom. The minimum absolute atomic E-state index is 0.484. The van der Waals surface area contributed by atoms with Crippen molar-refractivity contribution in [2.45, 2.75) is 19.0 Å². The highest BCUT2D eigenvalue weighted by molar-refractivity contribution is 7.10. The van der Waals surface area contributed by atoms with E-state index < -0.39 is 0 Å². The van der Waals surface area contributed by atoms with Crippen molar-refractivity contribution in [3.8, 4) is 0 Å². The van der Waals surface area contributed by atoms with Gasteiger partial charge in [-0.3, -0.25) is 0 Å². The van der Waals surface area contributed by atoms with Crippen molar-refractivity contribution in [3.63, 3.8) is 0 Å². The van der Waals surface area contributed by atoms with Crippen LogP contribution in [0.1, 0.15) is 16.5 Å². The van der Waals surface area contributed by atoms with Crippen molar-refractivity contribution >= 4 is 11.3 Å². The zero-order valence-electron chi connectivity index (χ0n) is 11.2. The number of piperazine rings is 1. The maximum absolute atomic E-state index is 3.67. The van der Waals surface area contributed by atoms with Gasteiger partial charge in [0.05, 0.1) is 6.04 Å². The smallest absolute Gasteiger partial charge is 0.0605 e. The average Bonchev–Trinajstić information content (AvgIpc) is 2.65. The summed E-state index contributed by atoms with van der Waals surface area (Å²) in [5, 5.41) is 5.87. The summed E-state index contributed by atoms with van der Waals surface area (Å²) >= 11 is 1.88. The molecule has 1 fully saturated rings. The Hall–Kier alpha value is -0.420. The van der Waals surface area contributed by atoms with Gasteiger partial charge in [-0.05, 0) is 45.1 Å². The topological polar surface area (TPSA) is 18.5 Å². The maximum Gasteiger partial charge on any atom is 0.0605 e. The summed E-state index contributed by atoms with van der Waals surface area (Å²) in [7, 11) is 6.57. The summed E-state index contributed by atoms with van der Waals surface area (Å²) in [5.41, 5.74) is 1.42. The second kappa shape index (κ2) is 5.48. The second-order valence-electron chi connectivity index (χ2n) is 5.20. The van der Waals surface area contributed by atoms with Crippen molar-refractivity contribution in [1.29, 1.82) is 0 Å². The SMILES string of the molecule is Cc1ccsc1C(C1CN(C)CCN1)N(C)C. The lowest BCUT2D eigenvalue weighted by atomic mass is 10.0. The Labute approximate surface area is 108 Å². The number of nitrogens with one attached hydrogen (secondary N) is 1. The largest absolute Gasteiger partial charge is 0.310 e. The summed E-state index contributed by atoms with van der Waals surface area (Å²) < 4.78 is 0. The molecular formula is C13H23N3S. The number of likely N-dealkylation sites (N-methyl/N-ethyl adjacent to an activating group) is 2. The van der Waals surface area contributed by atoms with Gasteiger partial charge in [-0.25, -0.2) is 0 Å². The molecule has 1 aliphatic heterocycles. The summed E-state index contributed by atoms with van der Waals surface area (Å²) in [6.07, 6.45) is 0. The van der Waals surface area contributed by atoms with Gasteiger partial charge >= 0.3 is 0 Å². The Morgan fingerprint density at radius 2 is 2.29 bits per heavy atom. The Bertz CT molecular complexity index is 361. The molecule has 0 spiro atoms. The van der Waals surface area contributed by atoms with E-state index in [-0.39, 0.29) is 0 Å². The minimum Gasteiger partial charge on any atom is -0.310 e. The predicted octanol–water partition coefficient (Wildman–Crippen LogP) is 1.56. The minimum atomic E-state index is 0.484. The van der Waals surface area contributed by atoms with E-state index in [4.69, 9.17) is 0 Å². The third kappa shape index (κ3) is 2.88. The lowest BCUT2D eigenvalue weighted by Crippen LogP contribution is -2.54. The fraction of sp³-hybridized carbons (Fsp3) is 0.692. The fourth-order valence-corrected chi connectivity index (χ4v) is 3.80. The Morgan fingerprint density at radius 3 is 2.82 bits per heavy atom. The molecule has 0 bridgehead atoms. The van der Waals surface area contributed by atoms with Crippen LogP contribution >= 0.6 is 11.3 Å². The highest BCUT2D eigenvalue weighted by atomic mass is 32.1. The van der Waals surface area contributed by atoms with Crippen LogP contribution in [-0.2, 0) is 0 Å². The molecule has 2 atom stereocenters. The lowest BCUT2D eigenvalue weighted by molar-refractivity contribution is 0.156. The Kier molecular flexibility index (Phi) is 4.20. The van der Waals surface area contributed by atoms with Crippen molar-refractivity contribution in [3.05, 3.63) is 21.9 Å². The predicted molar refractivity (Wildman–Crippen MR) is 74.8 cm³/mol. The quantitative estimate of drug-likeness (QED) is 0.882. The molecule has 1 aliphatic rings. The van der Waals surface area contributed by atoms with E-state index in [1.165, 1.54) is 10.4 Å². The molecule has 1 saturated heterocycles. The fourth-order valence-electron chi connectivity index (χ4n) is 2.61. The van der Waals surface area contributed by atoms with Gasteiger partial charge in [-0.1, -0.05) is 0 Å². The first-order valence-electron chi connectivity index (χ1n) is 6.22. The van der Waals surface area contributed by atoms with E-state index in [0.717, 1.165) is 19.6 Å². The number of aryl methyl sites for hydroxylation is 1. The average molecular weight is 253 g/mol.